The number of para-hydroxylation sites is 1. The van der Waals surface area contributed by atoms with Gasteiger partial charge in [0.05, 0.1) is 19.1 Å². The average molecular weight is 291 g/mol. The van der Waals surface area contributed by atoms with E-state index in [0.29, 0.717) is 24.4 Å². The van der Waals surface area contributed by atoms with Crippen LogP contribution in [0.25, 0.3) is 0 Å². The number of carboxylic acid groups (broad SMARTS) is 1. The second-order valence-corrected chi connectivity index (χ2v) is 5.35. The number of Topliss-reactive ketones (excluding diaryl/α,β-unsaturated/α-hetero) is 1. The summed E-state index contributed by atoms with van der Waals surface area (Å²) in [7, 11) is 1.56. The zero-order valence-electron chi connectivity index (χ0n) is 12.2. The minimum Gasteiger partial charge on any atom is -0.496 e. The lowest BCUT2D eigenvalue weighted by Gasteiger charge is -2.31. The van der Waals surface area contributed by atoms with Crippen molar-refractivity contribution in [2.75, 3.05) is 26.7 Å². The van der Waals surface area contributed by atoms with Crippen molar-refractivity contribution in [1.29, 1.82) is 0 Å². The zero-order valence-corrected chi connectivity index (χ0v) is 12.2. The molecule has 5 heteroatoms. The number of carbonyl (C=O) groups excluding carboxylic acids is 1. The highest BCUT2D eigenvalue weighted by atomic mass is 16.5. The van der Waals surface area contributed by atoms with Crippen molar-refractivity contribution in [3.63, 3.8) is 0 Å². The van der Waals surface area contributed by atoms with Crippen LogP contribution in [-0.4, -0.2) is 48.5 Å². The summed E-state index contributed by atoms with van der Waals surface area (Å²) in [6.07, 6.45) is 1.89. The van der Waals surface area contributed by atoms with E-state index in [4.69, 9.17) is 9.84 Å². The maximum absolute atomic E-state index is 12.6. The van der Waals surface area contributed by atoms with Gasteiger partial charge in [0.15, 0.2) is 5.78 Å². The molecule has 0 unspecified atom stereocenters. The molecule has 0 saturated carbocycles. The number of hydrogen-bond acceptors (Lipinski definition) is 4. The Morgan fingerprint density at radius 3 is 2.86 bits per heavy atom. The molecule has 1 N–H and O–H groups in total. The van der Waals surface area contributed by atoms with Crippen LogP contribution in [0.2, 0.25) is 0 Å². The Kier molecular flexibility index (Phi) is 5.33. The van der Waals surface area contributed by atoms with E-state index < -0.39 is 5.97 Å². The third-order valence-electron chi connectivity index (χ3n) is 3.89. The van der Waals surface area contributed by atoms with Gasteiger partial charge in [0.1, 0.15) is 5.75 Å². The van der Waals surface area contributed by atoms with Crippen LogP contribution in [0, 0.1) is 5.92 Å². The maximum atomic E-state index is 12.6. The summed E-state index contributed by atoms with van der Waals surface area (Å²) >= 11 is 0. The van der Waals surface area contributed by atoms with Crippen LogP contribution in [0.3, 0.4) is 0 Å². The Hall–Kier alpha value is -1.88. The minimum absolute atomic E-state index is 0.0798. The first kappa shape index (κ1) is 15.5. The molecule has 0 aliphatic carbocycles. The second-order valence-electron chi connectivity index (χ2n) is 5.35. The van der Waals surface area contributed by atoms with Gasteiger partial charge in [-0.05, 0) is 31.5 Å². The molecular formula is C16H21NO4. The molecule has 1 aromatic rings. The lowest BCUT2D eigenvalue weighted by atomic mass is 9.89. The first-order chi connectivity index (χ1) is 10.1. The molecule has 1 heterocycles. The summed E-state index contributed by atoms with van der Waals surface area (Å²) in [6.45, 7) is 2.00. The van der Waals surface area contributed by atoms with Crippen LogP contribution >= 0.6 is 0 Å². The van der Waals surface area contributed by atoms with Crippen LogP contribution in [-0.2, 0) is 4.79 Å². The highest BCUT2D eigenvalue weighted by molar-refractivity contribution is 6.00. The first-order valence-electron chi connectivity index (χ1n) is 7.23. The Morgan fingerprint density at radius 1 is 1.38 bits per heavy atom. The summed E-state index contributed by atoms with van der Waals surface area (Å²) < 4.78 is 5.25. The maximum Gasteiger partial charge on any atom is 0.304 e. The number of piperidine rings is 1. The summed E-state index contributed by atoms with van der Waals surface area (Å²) in [5.41, 5.74) is 0.616. The predicted molar refractivity (Wildman–Crippen MR) is 78.7 cm³/mol. The standard InChI is InChI=1S/C16H21NO4/c1-21-14-7-3-2-6-13(14)16(20)12-5-4-9-17(11-12)10-8-15(18)19/h2-3,6-7,12H,4-5,8-11H2,1H3,(H,18,19)/t12-/m1/s1. The lowest BCUT2D eigenvalue weighted by molar-refractivity contribution is -0.137. The molecule has 0 spiro atoms. The highest BCUT2D eigenvalue weighted by Crippen LogP contribution is 2.26. The number of rotatable bonds is 6. The van der Waals surface area contributed by atoms with Crippen LogP contribution in [0.1, 0.15) is 29.6 Å². The number of carboxylic acids is 1. The van der Waals surface area contributed by atoms with E-state index >= 15 is 0 Å². The number of ether oxygens (including phenoxy) is 1. The summed E-state index contributed by atoms with van der Waals surface area (Å²) in [5, 5.41) is 8.76. The number of nitrogens with zero attached hydrogens (tertiary/aromatic N) is 1. The zero-order chi connectivity index (χ0) is 15.2. The van der Waals surface area contributed by atoms with Gasteiger partial charge in [0.25, 0.3) is 0 Å². The Balaban J connectivity index is 2.03. The van der Waals surface area contributed by atoms with E-state index in [-0.39, 0.29) is 18.1 Å². The Labute approximate surface area is 124 Å². The van der Waals surface area contributed by atoms with Gasteiger partial charge >= 0.3 is 5.97 Å². The van der Waals surface area contributed by atoms with Crippen molar-refractivity contribution < 1.29 is 19.4 Å². The number of methoxy groups -OCH3 is 1. The smallest absolute Gasteiger partial charge is 0.304 e. The van der Waals surface area contributed by atoms with Crippen LogP contribution in [0.4, 0.5) is 0 Å². The SMILES string of the molecule is COc1ccccc1C(=O)[C@@H]1CCCN(CCC(=O)O)C1. The quantitative estimate of drug-likeness (QED) is 0.813. The van der Waals surface area contributed by atoms with Crippen molar-refractivity contribution in [2.45, 2.75) is 19.3 Å². The van der Waals surface area contributed by atoms with Crippen molar-refractivity contribution in [3.05, 3.63) is 29.8 Å². The van der Waals surface area contributed by atoms with E-state index in [2.05, 4.69) is 4.90 Å². The molecule has 114 valence electrons. The average Bonchev–Trinajstić information content (AvgIpc) is 2.52. The fourth-order valence-corrected chi connectivity index (χ4v) is 2.79. The van der Waals surface area contributed by atoms with E-state index in [1.165, 1.54) is 0 Å². The van der Waals surface area contributed by atoms with Crippen molar-refractivity contribution >= 4 is 11.8 Å². The largest absolute Gasteiger partial charge is 0.496 e. The Morgan fingerprint density at radius 2 is 2.14 bits per heavy atom. The highest BCUT2D eigenvalue weighted by Gasteiger charge is 2.28. The van der Waals surface area contributed by atoms with Gasteiger partial charge in [-0.2, -0.15) is 0 Å². The topological polar surface area (TPSA) is 66.8 Å². The molecule has 0 radical (unpaired) electrons. The Bertz CT molecular complexity index is 515. The number of ketones is 1. The molecule has 1 fully saturated rings. The number of likely N-dealkylation sites (tertiary alicyclic amines) is 1. The summed E-state index contributed by atoms with van der Waals surface area (Å²) in [4.78, 5) is 25.4. The molecule has 0 amide bonds. The molecule has 1 atom stereocenters. The molecule has 0 bridgehead atoms. The van der Waals surface area contributed by atoms with Gasteiger partial charge in [-0.3, -0.25) is 9.59 Å². The number of aliphatic carboxylic acids is 1. The monoisotopic (exact) mass is 291 g/mol. The van der Waals surface area contributed by atoms with E-state index in [1.807, 2.05) is 12.1 Å². The number of hydrogen-bond donors (Lipinski definition) is 1. The summed E-state index contributed by atoms with van der Waals surface area (Å²) in [5.74, 6) is -0.186. The third kappa shape index (κ3) is 4.04. The normalized spacial score (nSPS) is 19.2. The molecule has 0 aromatic heterocycles. The molecule has 5 nitrogen and oxygen atoms in total. The summed E-state index contributed by atoms with van der Waals surface area (Å²) in [6, 6.07) is 7.26. The molecule has 1 aliphatic rings. The fraction of sp³-hybridized carbons (Fsp3) is 0.500. The van der Waals surface area contributed by atoms with Gasteiger partial charge in [0.2, 0.25) is 0 Å². The molecule has 1 aromatic carbocycles. The van der Waals surface area contributed by atoms with E-state index in [9.17, 15) is 9.59 Å². The molecule has 1 saturated heterocycles. The third-order valence-corrected chi connectivity index (χ3v) is 3.89. The van der Waals surface area contributed by atoms with Crippen LogP contribution in [0.15, 0.2) is 24.3 Å². The number of carbonyl (C=O) groups is 2. The fourth-order valence-electron chi connectivity index (χ4n) is 2.79. The van der Waals surface area contributed by atoms with E-state index in [1.54, 1.807) is 19.2 Å². The van der Waals surface area contributed by atoms with Crippen LogP contribution in [0.5, 0.6) is 5.75 Å². The van der Waals surface area contributed by atoms with Crippen molar-refractivity contribution in [3.8, 4) is 5.75 Å². The lowest BCUT2D eigenvalue weighted by Crippen LogP contribution is -2.39. The molecular weight excluding hydrogens is 270 g/mol. The van der Waals surface area contributed by atoms with Gasteiger partial charge in [-0.15, -0.1) is 0 Å². The number of benzene rings is 1. The van der Waals surface area contributed by atoms with Gasteiger partial charge in [-0.25, -0.2) is 0 Å². The van der Waals surface area contributed by atoms with Gasteiger partial charge in [0, 0.05) is 19.0 Å². The van der Waals surface area contributed by atoms with Crippen molar-refractivity contribution in [2.24, 2.45) is 5.92 Å². The van der Waals surface area contributed by atoms with Crippen LogP contribution < -0.4 is 4.74 Å². The minimum atomic E-state index is -0.798. The molecule has 2 rings (SSSR count). The second kappa shape index (κ2) is 7.22. The van der Waals surface area contributed by atoms with Gasteiger partial charge < -0.3 is 14.7 Å². The van der Waals surface area contributed by atoms with Gasteiger partial charge in [-0.1, -0.05) is 12.1 Å². The van der Waals surface area contributed by atoms with Crippen molar-refractivity contribution in [1.82, 2.24) is 4.90 Å². The molecule has 21 heavy (non-hydrogen) atoms. The van der Waals surface area contributed by atoms with E-state index in [0.717, 1.165) is 19.4 Å². The molecule has 1 aliphatic heterocycles. The predicted octanol–water partition coefficient (Wildman–Crippen LogP) is 2.06. The first-order valence-corrected chi connectivity index (χ1v) is 7.23.